The largest absolute Gasteiger partial charge is 0.477 e. The van der Waals surface area contributed by atoms with Gasteiger partial charge in [-0.3, -0.25) is 0 Å². The molecule has 1 N–H and O–H groups in total. The molecule has 1 aromatic rings. The quantitative estimate of drug-likeness (QED) is 0.774. The molecule has 0 amide bonds. The zero-order chi connectivity index (χ0) is 11.6. The summed E-state index contributed by atoms with van der Waals surface area (Å²) in [5.74, 6) is -1.61. The van der Waals surface area contributed by atoms with Crippen molar-refractivity contribution in [3.05, 3.63) is 29.1 Å². The second-order valence-corrected chi connectivity index (χ2v) is 2.54. The summed E-state index contributed by atoms with van der Waals surface area (Å²) in [6.45, 7) is 0. The van der Waals surface area contributed by atoms with Gasteiger partial charge in [0.1, 0.15) is 11.4 Å². The average molecular weight is 216 g/mol. The maximum atomic E-state index is 12.2. The Hall–Kier alpha value is -2.10. The van der Waals surface area contributed by atoms with Gasteiger partial charge in [0.2, 0.25) is 0 Å². The van der Waals surface area contributed by atoms with Gasteiger partial charge < -0.3 is 5.11 Å². The van der Waals surface area contributed by atoms with E-state index in [9.17, 15) is 18.0 Å². The second kappa shape index (κ2) is 3.57. The molecule has 7 heteroatoms. The van der Waals surface area contributed by atoms with E-state index < -0.39 is 29.1 Å². The van der Waals surface area contributed by atoms with Crippen molar-refractivity contribution in [1.29, 1.82) is 5.26 Å². The Morgan fingerprint density at radius 2 is 2.07 bits per heavy atom. The maximum Gasteiger partial charge on any atom is 0.433 e. The van der Waals surface area contributed by atoms with Crippen molar-refractivity contribution in [2.24, 2.45) is 0 Å². The van der Waals surface area contributed by atoms with Gasteiger partial charge in [0.25, 0.3) is 0 Å². The van der Waals surface area contributed by atoms with Crippen molar-refractivity contribution in [2.45, 2.75) is 6.18 Å². The number of halogens is 3. The lowest BCUT2D eigenvalue weighted by molar-refractivity contribution is -0.141. The van der Waals surface area contributed by atoms with Gasteiger partial charge in [-0.15, -0.1) is 0 Å². The Morgan fingerprint density at radius 1 is 1.47 bits per heavy atom. The summed E-state index contributed by atoms with van der Waals surface area (Å²) >= 11 is 0. The van der Waals surface area contributed by atoms with E-state index >= 15 is 0 Å². The highest BCUT2D eigenvalue weighted by atomic mass is 19.4. The molecule has 1 aromatic heterocycles. The molecule has 0 spiro atoms. The molecule has 1 heterocycles. The predicted octanol–water partition coefficient (Wildman–Crippen LogP) is 1.67. The van der Waals surface area contributed by atoms with Gasteiger partial charge >= 0.3 is 12.1 Å². The predicted molar refractivity (Wildman–Crippen MR) is 40.9 cm³/mol. The highest BCUT2D eigenvalue weighted by Crippen LogP contribution is 2.28. The highest BCUT2D eigenvalue weighted by molar-refractivity contribution is 5.85. The van der Waals surface area contributed by atoms with E-state index in [4.69, 9.17) is 10.4 Å². The molecule has 0 aliphatic rings. The summed E-state index contributed by atoms with van der Waals surface area (Å²) < 4.78 is 36.5. The van der Waals surface area contributed by atoms with Crippen LogP contribution in [0.3, 0.4) is 0 Å². The minimum absolute atomic E-state index is 0.394. The molecular formula is C8H3F3N2O2. The van der Waals surface area contributed by atoms with Crippen molar-refractivity contribution in [1.82, 2.24) is 4.98 Å². The van der Waals surface area contributed by atoms with Crippen LogP contribution in [0, 0.1) is 11.3 Å². The van der Waals surface area contributed by atoms with Crippen molar-refractivity contribution in [3.8, 4) is 6.07 Å². The molecule has 0 saturated carbocycles. The van der Waals surface area contributed by atoms with Crippen LogP contribution in [-0.4, -0.2) is 16.1 Å². The van der Waals surface area contributed by atoms with Gasteiger partial charge in [0.05, 0.1) is 11.6 Å². The van der Waals surface area contributed by atoms with Gasteiger partial charge in [-0.25, -0.2) is 9.78 Å². The molecule has 0 aliphatic heterocycles. The zero-order valence-electron chi connectivity index (χ0n) is 7.04. The summed E-state index contributed by atoms with van der Waals surface area (Å²) in [6.07, 6.45) is -4.77. The zero-order valence-corrected chi connectivity index (χ0v) is 7.04. The smallest absolute Gasteiger partial charge is 0.433 e. The molecule has 0 fully saturated rings. The van der Waals surface area contributed by atoms with Crippen LogP contribution in [0.5, 0.6) is 0 Å². The van der Waals surface area contributed by atoms with Crippen LogP contribution < -0.4 is 0 Å². The number of nitriles is 1. The van der Waals surface area contributed by atoms with E-state index in [0.29, 0.717) is 6.07 Å². The van der Waals surface area contributed by atoms with Gasteiger partial charge in [-0.2, -0.15) is 18.4 Å². The third-order valence-corrected chi connectivity index (χ3v) is 1.46. The van der Waals surface area contributed by atoms with E-state index in [0.717, 1.165) is 6.07 Å². The SMILES string of the molecule is N#Cc1cc(C(=O)O)nc(C(F)(F)F)c1. The number of carboxylic acid groups (broad SMARTS) is 1. The van der Waals surface area contributed by atoms with E-state index in [1.807, 2.05) is 0 Å². The van der Waals surface area contributed by atoms with Crippen LogP contribution in [0.1, 0.15) is 21.7 Å². The first kappa shape index (κ1) is 11.0. The number of carbonyl (C=O) groups is 1. The summed E-state index contributed by atoms with van der Waals surface area (Å²) in [7, 11) is 0. The molecule has 0 aromatic carbocycles. The summed E-state index contributed by atoms with van der Waals surface area (Å²) in [5, 5.41) is 16.9. The number of aromatic nitrogens is 1. The lowest BCUT2D eigenvalue weighted by Gasteiger charge is -2.06. The number of aromatic carboxylic acids is 1. The first-order chi connectivity index (χ1) is 6.84. The first-order valence-electron chi connectivity index (χ1n) is 3.57. The Morgan fingerprint density at radius 3 is 2.47 bits per heavy atom. The number of rotatable bonds is 1. The van der Waals surface area contributed by atoms with Gasteiger partial charge in [0.15, 0.2) is 0 Å². The van der Waals surface area contributed by atoms with Crippen LogP contribution in [-0.2, 0) is 6.18 Å². The normalized spacial score (nSPS) is 10.8. The van der Waals surface area contributed by atoms with E-state index in [1.54, 1.807) is 0 Å². The molecule has 15 heavy (non-hydrogen) atoms. The highest BCUT2D eigenvalue weighted by Gasteiger charge is 2.33. The van der Waals surface area contributed by atoms with Gasteiger partial charge in [0, 0.05) is 0 Å². The Labute approximate surface area is 81.6 Å². The fraction of sp³-hybridized carbons (Fsp3) is 0.125. The first-order valence-corrected chi connectivity index (χ1v) is 3.57. The number of hydrogen-bond donors (Lipinski definition) is 1. The average Bonchev–Trinajstić information content (AvgIpc) is 2.15. The van der Waals surface area contributed by atoms with Crippen LogP contribution in [0.25, 0.3) is 0 Å². The van der Waals surface area contributed by atoms with Gasteiger partial charge in [-0.05, 0) is 12.1 Å². The third kappa shape index (κ3) is 2.43. The number of carboxylic acids is 1. The molecule has 0 unspecified atom stereocenters. The standard InChI is InChI=1S/C8H3F3N2O2/c9-8(10,11)6-2-4(3-12)1-5(13-6)7(14)15/h1-2H,(H,14,15). The number of pyridine rings is 1. The van der Waals surface area contributed by atoms with Crippen LogP contribution >= 0.6 is 0 Å². The van der Waals surface area contributed by atoms with Crippen molar-refractivity contribution >= 4 is 5.97 Å². The van der Waals surface area contributed by atoms with Crippen molar-refractivity contribution in [2.75, 3.05) is 0 Å². The fourth-order valence-corrected chi connectivity index (χ4v) is 0.850. The topological polar surface area (TPSA) is 74.0 Å². The molecule has 1 rings (SSSR count). The molecule has 0 atom stereocenters. The Balaban J connectivity index is 3.38. The third-order valence-electron chi connectivity index (χ3n) is 1.46. The van der Waals surface area contributed by atoms with Crippen LogP contribution in [0.15, 0.2) is 12.1 Å². The lowest BCUT2D eigenvalue weighted by atomic mass is 10.2. The van der Waals surface area contributed by atoms with Crippen molar-refractivity contribution in [3.63, 3.8) is 0 Å². The molecule has 0 aliphatic carbocycles. The number of nitrogens with zero attached hydrogens (tertiary/aromatic N) is 2. The number of hydrogen-bond acceptors (Lipinski definition) is 3. The monoisotopic (exact) mass is 216 g/mol. The van der Waals surface area contributed by atoms with E-state index in [1.165, 1.54) is 6.07 Å². The Kier molecular flexibility index (Phi) is 2.61. The summed E-state index contributed by atoms with van der Waals surface area (Å²) in [4.78, 5) is 13.3. The maximum absolute atomic E-state index is 12.2. The molecule has 0 saturated heterocycles. The summed E-state index contributed by atoms with van der Waals surface area (Å²) in [5.41, 5.74) is -2.59. The number of alkyl halides is 3. The minimum atomic E-state index is -4.77. The summed E-state index contributed by atoms with van der Waals surface area (Å²) in [6, 6.07) is 2.70. The lowest BCUT2D eigenvalue weighted by Crippen LogP contribution is -2.12. The molecular weight excluding hydrogens is 213 g/mol. The fourth-order valence-electron chi connectivity index (χ4n) is 0.850. The minimum Gasteiger partial charge on any atom is -0.477 e. The van der Waals surface area contributed by atoms with E-state index in [-0.39, 0.29) is 0 Å². The van der Waals surface area contributed by atoms with Crippen molar-refractivity contribution < 1.29 is 23.1 Å². The Bertz CT molecular complexity index is 448. The second-order valence-electron chi connectivity index (χ2n) is 2.54. The van der Waals surface area contributed by atoms with E-state index in [2.05, 4.69) is 4.98 Å². The molecule has 0 radical (unpaired) electrons. The van der Waals surface area contributed by atoms with Crippen LogP contribution in [0.2, 0.25) is 0 Å². The van der Waals surface area contributed by atoms with Crippen LogP contribution in [0.4, 0.5) is 13.2 Å². The van der Waals surface area contributed by atoms with Gasteiger partial charge in [-0.1, -0.05) is 0 Å². The molecule has 4 nitrogen and oxygen atoms in total. The molecule has 0 bridgehead atoms. The molecule has 78 valence electrons.